The Labute approximate surface area is 145 Å². The van der Waals surface area contributed by atoms with Crippen LogP contribution in [0.4, 0.5) is 11.5 Å². The summed E-state index contributed by atoms with van der Waals surface area (Å²) in [6, 6.07) is 5.45. The lowest BCUT2D eigenvalue weighted by Gasteiger charge is -2.18. The average molecular weight is 374 g/mol. The minimum atomic E-state index is -2.37. The summed E-state index contributed by atoms with van der Waals surface area (Å²) in [6.07, 6.45) is 2.65. The summed E-state index contributed by atoms with van der Waals surface area (Å²) in [7, 11) is -0.817. The lowest BCUT2D eigenvalue weighted by molar-refractivity contribution is 0.417. The Kier molecular flexibility index (Phi) is 5.90. The summed E-state index contributed by atoms with van der Waals surface area (Å²) in [6.45, 7) is 3.87. The maximum absolute atomic E-state index is 12.9. The van der Waals surface area contributed by atoms with E-state index >= 15 is 0 Å². The van der Waals surface area contributed by atoms with E-state index in [1.165, 1.54) is 6.20 Å². The molecule has 2 rings (SSSR count). The number of hydrogen-bond donors (Lipinski definition) is 1. The molecule has 0 atom stereocenters. The van der Waals surface area contributed by atoms with E-state index in [0.717, 1.165) is 5.30 Å². The molecule has 1 heterocycles. The van der Waals surface area contributed by atoms with Gasteiger partial charge in [-0.1, -0.05) is 25.4 Å². The van der Waals surface area contributed by atoms with E-state index < -0.39 is 7.14 Å². The molecule has 0 saturated carbocycles. The van der Waals surface area contributed by atoms with Crippen molar-refractivity contribution in [1.82, 2.24) is 9.97 Å². The smallest absolute Gasteiger partial charge is 0.224 e. The molecule has 0 saturated heterocycles. The molecule has 0 aliphatic carbocycles. The molecule has 0 unspecified atom stereocenters. The lowest BCUT2D eigenvalue weighted by Crippen LogP contribution is -2.10. The van der Waals surface area contributed by atoms with Crippen molar-refractivity contribution < 1.29 is 9.30 Å². The summed E-state index contributed by atoms with van der Waals surface area (Å²) in [4.78, 5) is 7.85. The molecule has 23 heavy (non-hydrogen) atoms. The third-order valence-electron chi connectivity index (χ3n) is 3.65. The van der Waals surface area contributed by atoms with Crippen LogP contribution in [0, 0.1) is 0 Å². The summed E-state index contributed by atoms with van der Waals surface area (Å²) < 4.78 is 18.3. The van der Waals surface area contributed by atoms with Gasteiger partial charge in [0, 0.05) is 17.6 Å². The Bertz CT molecular complexity index is 747. The second-order valence-electron chi connectivity index (χ2n) is 4.87. The van der Waals surface area contributed by atoms with Crippen LogP contribution < -0.4 is 15.4 Å². The molecule has 1 aromatic carbocycles. The molecule has 0 bridgehead atoms. The number of methoxy groups -OCH3 is 1. The highest BCUT2D eigenvalue weighted by molar-refractivity contribution is 7.71. The van der Waals surface area contributed by atoms with Gasteiger partial charge in [-0.2, -0.15) is 4.98 Å². The number of aromatic nitrogens is 2. The van der Waals surface area contributed by atoms with Gasteiger partial charge in [-0.15, -0.1) is 0 Å². The number of benzene rings is 1. The second kappa shape index (κ2) is 7.52. The van der Waals surface area contributed by atoms with Crippen LogP contribution in [0.25, 0.3) is 0 Å². The summed E-state index contributed by atoms with van der Waals surface area (Å²) in [5, 5.41) is 4.30. The minimum Gasteiger partial charge on any atom is -0.495 e. The fourth-order valence-electron chi connectivity index (χ4n) is 2.19. The predicted molar refractivity (Wildman–Crippen MR) is 96.7 cm³/mol. The monoisotopic (exact) mass is 373 g/mol. The number of anilines is 2. The van der Waals surface area contributed by atoms with Gasteiger partial charge in [-0.05, 0) is 29.8 Å². The molecular weight excluding hydrogens is 356 g/mol. The zero-order valence-electron chi connectivity index (χ0n) is 13.1. The third kappa shape index (κ3) is 3.97. The summed E-state index contributed by atoms with van der Waals surface area (Å²) >= 11 is 11.8. The third-order valence-corrected chi connectivity index (χ3v) is 7.37. The van der Waals surface area contributed by atoms with E-state index in [-0.39, 0.29) is 5.28 Å². The Morgan fingerprint density at radius 3 is 2.57 bits per heavy atom. The van der Waals surface area contributed by atoms with Crippen LogP contribution in [-0.4, -0.2) is 29.4 Å². The Morgan fingerprint density at radius 1 is 1.26 bits per heavy atom. The fourth-order valence-corrected chi connectivity index (χ4v) is 4.33. The summed E-state index contributed by atoms with van der Waals surface area (Å²) in [5.41, 5.74) is 0.659. The second-order valence-corrected chi connectivity index (χ2v) is 9.17. The van der Waals surface area contributed by atoms with Crippen LogP contribution >= 0.6 is 30.3 Å². The van der Waals surface area contributed by atoms with Gasteiger partial charge in [0.05, 0.1) is 19.0 Å². The van der Waals surface area contributed by atoms with Crippen molar-refractivity contribution in [2.75, 3.05) is 24.8 Å². The van der Waals surface area contributed by atoms with E-state index in [9.17, 15) is 4.57 Å². The molecule has 0 radical (unpaired) electrons. The molecule has 2 aromatic rings. The molecule has 124 valence electrons. The normalized spacial score (nSPS) is 11.3. The highest BCUT2D eigenvalue weighted by atomic mass is 35.5. The van der Waals surface area contributed by atoms with Crippen molar-refractivity contribution >= 4 is 47.2 Å². The zero-order chi connectivity index (χ0) is 17.0. The molecule has 0 amide bonds. The Hall–Kier alpha value is -1.29. The van der Waals surface area contributed by atoms with Crippen molar-refractivity contribution in [3.8, 4) is 5.75 Å². The molecule has 0 spiro atoms. The van der Waals surface area contributed by atoms with Gasteiger partial charge >= 0.3 is 0 Å². The van der Waals surface area contributed by atoms with E-state index in [4.69, 9.17) is 27.9 Å². The standard InChI is InChI=1S/C15H18Cl2N3O2P/c1-4-23(21,5-2)10-6-7-12(13(8-10)22-3)19-14-11(16)9-18-15(17)20-14/h6-9H,4-5H2,1-3H3,(H,18,19,20). The van der Waals surface area contributed by atoms with Crippen molar-refractivity contribution in [1.29, 1.82) is 0 Å². The Balaban J connectivity index is 2.41. The van der Waals surface area contributed by atoms with Crippen molar-refractivity contribution in [2.45, 2.75) is 13.8 Å². The first-order valence-electron chi connectivity index (χ1n) is 7.15. The average Bonchev–Trinajstić information content (AvgIpc) is 2.57. The first kappa shape index (κ1) is 18.1. The van der Waals surface area contributed by atoms with E-state index in [0.29, 0.717) is 34.6 Å². The molecule has 8 heteroatoms. The zero-order valence-corrected chi connectivity index (χ0v) is 15.5. The van der Waals surface area contributed by atoms with E-state index in [2.05, 4.69) is 15.3 Å². The maximum Gasteiger partial charge on any atom is 0.224 e. The van der Waals surface area contributed by atoms with Crippen molar-refractivity contribution in [3.63, 3.8) is 0 Å². The fraction of sp³-hybridized carbons (Fsp3) is 0.333. The summed E-state index contributed by atoms with van der Waals surface area (Å²) in [5.74, 6) is 0.947. The van der Waals surface area contributed by atoms with E-state index in [1.807, 2.05) is 19.9 Å². The first-order valence-corrected chi connectivity index (χ1v) is 9.98. The molecule has 0 aliphatic heterocycles. The molecule has 1 aromatic heterocycles. The molecule has 0 fully saturated rings. The van der Waals surface area contributed by atoms with Crippen LogP contribution in [0.15, 0.2) is 24.4 Å². The minimum absolute atomic E-state index is 0.0916. The maximum atomic E-state index is 12.9. The van der Waals surface area contributed by atoms with Gasteiger partial charge in [0.15, 0.2) is 5.82 Å². The largest absolute Gasteiger partial charge is 0.495 e. The predicted octanol–water partition coefficient (Wildman–Crippen LogP) is 4.56. The first-order chi connectivity index (χ1) is 10.9. The van der Waals surface area contributed by atoms with E-state index in [1.54, 1.807) is 19.2 Å². The molecule has 1 N–H and O–H groups in total. The Morgan fingerprint density at radius 2 is 1.96 bits per heavy atom. The van der Waals surface area contributed by atoms with Gasteiger partial charge in [-0.25, -0.2) is 4.98 Å². The molecular formula is C15H18Cl2N3O2P. The van der Waals surface area contributed by atoms with Gasteiger partial charge in [0.2, 0.25) is 5.28 Å². The van der Waals surface area contributed by atoms with Crippen LogP contribution in [0.5, 0.6) is 5.75 Å². The topological polar surface area (TPSA) is 64.1 Å². The highest BCUT2D eigenvalue weighted by Gasteiger charge is 2.21. The quantitative estimate of drug-likeness (QED) is 0.593. The van der Waals surface area contributed by atoms with Crippen LogP contribution in [0.1, 0.15) is 13.8 Å². The number of hydrogen-bond acceptors (Lipinski definition) is 5. The highest BCUT2D eigenvalue weighted by Crippen LogP contribution is 2.45. The van der Waals surface area contributed by atoms with Crippen molar-refractivity contribution in [2.24, 2.45) is 0 Å². The molecule has 5 nitrogen and oxygen atoms in total. The van der Waals surface area contributed by atoms with Crippen LogP contribution in [0.2, 0.25) is 10.3 Å². The molecule has 0 aliphatic rings. The number of rotatable bonds is 6. The number of ether oxygens (including phenoxy) is 1. The van der Waals surface area contributed by atoms with Crippen LogP contribution in [0.3, 0.4) is 0 Å². The number of nitrogens with zero attached hydrogens (tertiary/aromatic N) is 2. The number of halogens is 2. The van der Waals surface area contributed by atoms with Gasteiger partial charge < -0.3 is 14.6 Å². The van der Waals surface area contributed by atoms with Gasteiger partial charge in [0.25, 0.3) is 0 Å². The van der Waals surface area contributed by atoms with Gasteiger partial charge in [-0.3, -0.25) is 0 Å². The van der Waals surface area contributed by atoms with Crippen LogP contribution in [-0.2, 0) is 4.57 Å². The van der Waals surface area contributed by atoms with Gasteiger partial charge in [0.1, 0.15) is 17.9 Å². The number of nitrogens with one attached hydrogen (secondary N) is 1. The SMILES string of the molecule is CCP(=O)(CC)c1ccc(Nc2nc(Cl)ncc2Cl)c(OC)c1. The van der Waals surface area contributed by atoms with Crippen molar-refractivity contribution in [3.05, 3.63) is 34.7 Å². The lowest BCUT2D eigenvalue weighted by atomic mass is 10.3.